The van der Waals surface area contributed by atoms with Crippen molar-refractivity contribution in [3.63, 3.8) is 0 Å². The molecule has 0 saturated carbocycles. The number of nitro groups is 1. The predicted molar refractivity (Wildman–Crippen MR) is 92.9 cm³/mol. The van der Waals surface area contributed by atoms with Gasteiger partial charge in [-0.3, -0.25) is 10.1 Å². The summed E-state index contributed by atoms with van der Waals surface area (Å²) < 4.78 is 5.38. The highest BCUT2D eigenvalue weighted by Gasteiger charge is 2.35. The Hall–Kier alpha value is -2.82. The zero-order valence-corrected chi connectivity index (χ0v) is 13.8. The molecule has 24 heavy (non-hydrogen) atoms. The minimum absolute atomic E-state index is 0.127. The predicted octanol–water partition coefficient (Wildman–Crippen LogP) is 4.31. The summed E-state index contributed by atoms with van der Waals surface area (Å²) in [7, 11) is 1.67. The first-order valence-corrected chi connectivity index (χ1v) is 7.88. The lowest BCUT2D eigenvalue weighted by Crippen LogP contribution is -2.27. The third-order valence-corrected chi connectivity index (χ3v) is 5.08. The van der Waals surface area contributed by atoms with Gasteiger partial charge in [-0.05, 0) is 34.9 Å². The summed E-state index contributed by atoms with van der Waals surface area (Å²) >= 11 is 0. The molecule has 1 N–H and O–H groups in total. The minimum atomic E-state index is -0.342. The standard InChI is InChI=1S/C19H18N2O3/c1-19(2)16-10-13(24-3)6-4-11(16)8-15-14-9-12(21(22)23)5-7-17(14)20-18(15)19/h4-7,9-10,20H,8H2,1-3H3. The molecule has 0 radical (unpaired) electrons. The van der Waals surface area contributed by atoms with Gasteiger partial charge in [0.25, 0.3) is 5.69 Å². The van der Waals surface area contributed by atoms with Gasteiger partial charge in [-0.2, -0.15) is 0 Å². The van der Waals surface area contributed by atoms with E-state index in [1.165, 1.54) is 11.1 Å². The van der Waals surface area contributed by atoms with Gasteiger partial charge < -0.3 is 9.72 Å². The van der Waals surface area contributed by atoms with Crippen molar-refractivity contribution in [2.24, 2.45) is 0 Å². The Balaban J connectivity index is 1.97. The van der Waals surface area contributed by atoms with E-state index in [0.29, 0.717) is 0 Å². The first-order chi connectivity index (χ1) is 11.4. The van der Waals surface area contributed by atoms with Crippen LogP contribution in [0.5, 0.6) is 5.75 Å². The van der Waals surface area contributed by atoms with Crippen molar-refractivity contribution in [3.05, 3.63) is 68.9 Å². The summed E-state index contributed by atoms with van der Waals surface area (Å²) in [6, 6.07) is 11.2. The maximum Gasteiger partial charge on any atom is 0.270 e. The van der Waals surface area contributed by atoms with Crippen molar-refractivity contribution in [2.75, 3.05) is 7.11 Å². The average Bonchev–Trinajstić information content (AvgIpc) is 2.93. The van der Waals surface area contributed by atoms with E-state index in [-0.39, 0.29) is 16.0 Å². The van der Waals surface area contributed by atoms with Crippen LogP contribution >= 0.6 is 0 Å². The van der Waals surface area contributed by atoms with Crippen LogP contribution in [0.15, 0.2) is 36.4 Å². The van der Waals surface area contributed by atoms with Gasteiger partial charge in [0.2, 0.25) is 0 Å². The van der Waals surface area contributed by atoms with Gasteiger partial charge in [-0.25, -0.2) is 0 Å². The zero-order chi connectivity index (χ0) is 17.1. The Morgan fingerprint density at radius 2 is 2.00 bits per heavy atom. The van der Waals surface area contributed by atoms with Crippen LogP contribution in [0.1, 0.15) is 36.2 Å². The highest BCUT2D eigenvalue weighted by molar-refractivity contribution is 5.88. The number of H-pyrrole nitrogens is 1. The number of fused-ring (bicyclic) bond motifs is 4. The number of aromatic nitrogens is 1. The van der Waals surface area contributed by atoms with E-state index in [4.69, 9.17) is 4.74 Å². The Morgan fingerprint density at radius 1 is 1.21 bits per heavy atom. The van der Waals surface area contributed by atoms with E-state index in [1.807, 2.05) is 6.07 Å². The SMILES string of the molecule is COc1ccc2c(c1)C(C)(C)c1[nH]c3ccc([N+](=O)[O-])cc3c1C2. The molecule has 0 atom stereocenters. The number of nitro benzene ring substituents is 1. The van der Waals surface area contributed by atoms with Crippen LogP contribution in [-0.2, 0) is 11.8 Å². The normalized spacial score (nSPS) is 15.0. The number of ether oxygens (including phenoxy) is 1. The number of hydrogen-bond acceptors (Lipinski definition) is 3. The summed E-state index contributed by atoms with van der Waals surface area (Å²) in [5.41, 5.74) is 5.60. The smallest absolute Gasteiger partial charge is 0.270 e. The lowest BCUT2D eigenvalue weighted by molar-refractivity contribution is -0.384. The second-order valence-electron chi connectivity index (χ2n) is 6.79. The quantitative estimate of drug-likeness (QED) is 0.564. The van der Waals surface area contributed by atoms with Crippen molar-refractivity contribution in [2.45, 2.75) is 25.7 Å². The fraction of sp³-hybridized carbons (Fsp3) is 0.263. The van der Waals surface area contributed by atoms with Crippen LogP contribution in [0.4, 0.5) is 5.69 Å². The topological polar surface area (TPSA) is 68.2 Å². The van der Waals surface area contributed by atoms with E-state index < -0.39 is 0 Å². The molecule has 3 aromatic rings. The van der Waals surface area contributed by atoms with Gasteiger partial charge in [0.15, 0.2) is 0 Å². The number of nitrogens with one attached hydrogen (secondary N) is 1. The van der Waals surface area contributed by atoms with Crippen LogP contribution in [-0.4, -0.2) is 17.0 Å². The van der Waals surface area contributed by atoms with E-state index in [1.54, 1.807) is 25.3 Å². The molecule has 122 valence electrons. The molecule has 1 aromatic heterocycles. The van der Waals surface area contributed by atoms with Crippen LogP contribution in [0.3, 0.4) is 0 Å². The Morgan fingerprint density at radius 3 is 2.71 bits per heavy atom. The summed E-state index contributed by atoms with van der Waals surface area (Å²) in [5, 5.41) is 12.1. The number of methoxy groups -OCH3 is 1. The molecule has 0 aliphatic heterocycles. The zero-order valence-electron chi connectivity index (χ0n) is 13.8. The number of hydrogen-bond donors (Lipinski definition) is 1. The van der Waals surface area contributed by atoms with Gasteiger partial charge in [-0.15, -0.1) is 0 Å². The van der Waals surface area contributed by atoms with Crippen LogP contribution < -0.4 is 4.74 Å². The van der Waals surface area contributed by atoms with Crippen molar-refractivity contribution in [1.82, 2.24) is 4.98 Å². The minimum Gasteiger partial charge on any atom is -0.497 e. The second-order valence-corrected chi connectivity index (χ2v) is 6.79. The summed E-state index contributed by atoms with van der Waals surface area (Å²) in [5.74, 6) is 0.844. The van der Waals surface area contributed by atoms with Crippen molar-refractivity contribution < 1.29 is 9.66 Å². The Bertz CT molecular complexity index is 986. The molecular weight excluding hydrogens is 304 g/mol. The van der Waals surface area contributed by atoms with Gasteiger partial charge in [-0.1, -0.05) is 19.9 Å². The molecular formula is C19H18N2O3. The molecule has 0 bridgehead atoms. The third kappa shape index (κ3) is 1.94. The van der Waals surface area contributed by atoms with Crippen molar-refractivity contribution in [1.29, 1.82) is 0 Å². The number of non-ortho nitro benzene ring substituents is 1. The Kier molecular flexibility index (Phi) is 2.97. The number of nitrogens with zero attached hydrogens (tertiary/aromatic N) is 1. The summed E-state index contributed by atoms with van der Waals surface area (Å²) in [6.45, 7) is 4.35. The second kappa shape index (κ2) is 4.84. The number of benzene rings is 2. The summed E-state index contributed by atoms with van der Waals surface area (Å²) in [4.78, 5) is 14.3. The van der Waals surface area contributed by atoms with E-state index in [0.717, 1.165) is 34.3 Å². The third-order valence-electron chi connectivity index (χ3n) is 5.08. The first kappa shape index (κ1) is 14.8. The maximum atomic E-state index is 11.1. The van der Waals surface area contributed by atoms with E-state index >= 15 is 0 Å². The van der Waals surface area contributed by atoms with Crippen LogP contribution in [0.25, 0.3) is 10.9 Å². The van der Waals surface area contributed by atoms with Crippen molar-refractivity contribution in [3.8, 4) is 5.75 Å². The van der Waals surface area contributed by atoms with Crippen molar-refractivity contribution >= 4 is 16.6 Å². The molecule has 0 saturated heterocycles. The monoisotopic (exact) mass is 322 g/mol. The van der Waals surface area contributed by atoms with E-state index in [9.17, 15) is 10.1 Å². The first-order valence-electron chi connectivity index (χ1n) is 7.88. The molecule has 5 heteroatoms. The molecule has 0 unspecified atom stereocenters. The summed E-state index contributed by atoms with van der Waals surface area (Å²) in [6.07, 6.45) is 0.763. The molecule has 0 spiro atoms. The highest BCUT2D eigenvalue weighted by Crippen LogP contribution is 2.45. The molecule has 5 nitrogen and oxygen atoms in total. The molecule has 1 aliphatic carbocycles. The number of aromatic amines is 1. The van der Waals surface area contributed by atoms with Gasteiger partial charge >= 0.3 is 0 Å². The molecule has 1 aliphatic rings. The molecule has 0 fully saturated rings. The van der Waals surface area contributed by atoms with Gasteiger partial charge in [0.1, 0.15) is 5.75 Å². The fourth-order valence-corrected chi connectivity index (χ4v) is 3.81. The fourth-order valence-electron chi connectivity index (χ4n) is 3.81. The van der Waals surface area contributed by atoms with Crippen LogP contribution in [0, 0.1) is 10.1 Å². The lowest BCUT2D eigenvalue weighted by Gasteiger charge is -2.33. The molecule has 4 rings (SSSR count). The largest absolute Gasteiger partial charge is 0.497 e. The molecule has 2 aromatic carbocycles. The highest BCUT2D eigenvalue weighted by atomic mass is 16.6. The molecule has 1 heterocycles. The average molecular weight is 322 g/mol. The molecule has 0 amide bonds. The lowest BCUT2D eigenvalue weighted by atomic mass is 9.72. The maximum absolute atomic E-state index is 11.1. The Labute approximate surface area is 139 Å². The number of rotatable bonds is 2. The van der Waals surface area contributed by atoms with Gasteiger partial charge in [0.05, 0.1) is 12.0 Å². The van der Waals surface area contributed by atoms with E-state index in [2.05, 4.69) is 31.0 Å². The van der Waals surface area contributed by atoms with Gasteiger partial charge in [0, 0.05) is 40.6 Å². The van der Waals surface area contributed by atoms with Crippen LogP contribution in [0.2, 0.25) is 0 Å².